The number of pyridine rings is 1. The van der Waals surface area contributed by atoms with Crippen LogP contribution in [-0.2, 0) is 0 Å². The summed E-state index contributed by atoms with van der Waals surface area (Å²) >= 11 is 7.70. The number of hydrogen-bond acceptors (Lipinski definition) is 4. The molecule has 3 N–H and O–H groups in total. The number of thiophene rings is 1. The molecular weight excluding hydrogens is 326 g/mol. The Morgan fingerprint density at radius 2 is 2.30 bits per heavy atom. The van der Waals surface area contributed by atoms with Crippen LogP contribution in [0, 0.1) is 6.92 Å². The molecule has 1 aliphatic carbocycles. The molecule has 0 aliphatic heterocycles. The van der Waals surface area contributed by atoms with Gasteiger partial charge in [-0.3, -0.25) is 0 Å². The third-order valence-electron chi connectivity index (χ3n) is 3.62. The highest BCUT2D eigenvalue weighted by atomic mass is 35.5. The summed E-state index contributed by atoms with van der Waals surface area (Å²) in [6, 6.07) is 2.33. The van der Waals surface area contributed by atoms with Gasteiger partial charge in [0.15, 0.2) is 0 Å². The summed E-state index contributed by atoms with van der Waals surface area (Å²) in [5.74, 6) is 0. The van der Waals surface area contributed by atoms with Crippen LogP contribution in [0.25, 0.3) is 10.2 Å². The molecule has 0 fully saturated rings. The number of aryl methyl sites for hydroxylation is 1. The second kappa shape index (κ2) is 9.06. The first-order valence-electron chi connectivity index (χ1n) is 7.91. The van der Waals surface area contributed by atoms with Gasteiger partial charge in [0.1, 0.15) is 5.15 Å². The van der Waals surface area contributed by atoms with E-state index in [4.69, 9.17) is 17.3 Å². The van der Waals surface area contributed by atoms with Gasteiger partial charge in [0.25, 0.3) is 0 Å². The number of anilines is 1. The molecule has 0 radical (unpaired) electrons. The zero-order valence-corrected chi connectivity index (χ0v) is 15.3. The van der Waals surface area contributed by atoms with E-state index in [1.165, 1.54) is 23.1 Å². The molecule has 124 valence electrons. The van der Waals surface area contributed by atoms with E-state index in [-0.39, 0.29) is 0 Å². The van der Waals surface area contributed by atoms with Crippen molar-refractivity contribution in [3.63, 3.8) is 0 Å². The number of allylic oxidation sites excluding steroid dienone is 2. The SMILES string of the molecule is C/C=C/CNc1cc(Cl)nc2c(C)csc12.NC1CC=CCC1. The zero-order chi connectivity index (χ0) is 16.7. The fourth-order valence-electron chi connectivity index (χ4n) is 2.33. The third kappa shape index (κ3) is 5.34. The molecule has 0 spiro atoms. The van der Waals surface area contributed by atoms with E-state index >= 15 is 0 Å². The number of fused-ring (bicyclic) bond motifs is 1. The third-order valence-corrected chi connectivity index (χ3v) is 4.94. The van der Waals surface area contributed by atoms with Gasteiger partial charge in [-0.25, -0.2) is 4.98 Å². The molecule has 1 unspecified atom stereocenters. The summed E-state index contributed by atoms with van der Waals surface area (Å²) in [7, 11) is 0. The molecule has 0 saturated heterocycles. The summed E-state index contributed by atoms with van der Waals surface area (Å²) < 4.78 is 1.17. The maximum Gasteiger partial charge on any atom is 0.131 e. The average molecular weight is 350 g/mol. The quantitative estimate of drug-likeness (QED) is 0.584. The van der Waals surface area contributed by atoms with Gasteiger partial charge in [0.05, 0.1) is 15.9 Å². The Labute approximate surface area is 147 Å². The highest BCUT2D eigenvalue weighted by molar-refractivity contribution is 7.18. The Balaban J connectivity index is 0.000000229. The first-order chi connectivity index (χ1) is 11.1. The van der Waals surface area contributed by atoms with Gasteiger partial charge >= 0.3 is 0 Å². The minimum absolute atomic E-state index is 0.449. The Hall–Kier alpha value is -1.36. The Morgan fingerprint density at radius 3 is 2.91 bits per heavy atom. The number of rotatable bonds is 3. The molecule has 2 heterocycles. The van der Waals surface area contributed by atoms with Gasteiger partial charge < -0.3 is 11.1 Å². The molecule has 3 nitrogen and oxygen atoms in total. The molecule has 3 rings (SSSR count). The van der Waals surface area contributed by atoms with Crippen molar-refractivity contribution >= 4 is 38.8 Å². The summed E-state index contributed by atoms with van der Waals surface area (Å²) in [4.78, 5) is 4.34. The summed E-state index contributed by atoms with van der Waals surface area (Å²) in [5.41, 5.74) is 8.82. The molecular formula is C18H24ClN3S. The molecule has 5 heteroatoms. The largest absolute Gasteiger partial charge is 0.380 e. The van der Waals surface area contributed by atoms with Crippen LogP contribution in [0.4, 0.5) is 5.69 Å². The lowest BCUT2D eigenvalue weighted by atomic mass is 10.0. The first kappa shape index (κ1) is 18.0. The van der Waals surface area contributed by atoms with Crippen molar-refractivity contribution in [2.75, 3.05) is 11.9 Å². The molecule has 1 atom stereocenters. The molecule has 0 bridgehead atoms. The van der Waals surface area contributed by atoms with E-state index < -0.39 is 0 Å². The van der Waals surface area contributed by atoms with Crippen molar-refractivity contribution in [3.05, 3.63) is 46.5 Å². The van der Waals surface area contributed by atoms with Crippen LogP contribution in [0.1, 0.15) is 31.7 Å². The van der Waals surface area contributed by atoms with E-state index in [0.717, 1.165) is 24.2 Å². The smallest absolute Gasteiger partial charge is 0.131 e. The number of halogens is 1. The topological polar surface area (TPSA) is 50.9 Å². The van der Waals surface area contributed by atoms with Crippen LogP contribution >= 0.6 is 22.9 Å². The van der Waals surface area contributed by atoms with Crippen molar-refractivity contribution in [2.45, 2.75) is 39.2 Å². The predicted molar refractivity (Wildman–Crippen MR) is 104 cm³/mol. The van der Waals surface area contributed by atoms with E-state index in [1.54, 1.807) is 11.3 Å². The van der Waals surface area contributed by atoms with Gasteiger partial charge in [0.2, 0.25) is 0 Å². The highest BCUT2D eigenvalue weighted by Crippen LogP contribution is 2.32. The zero-order valence-electron chi connectivity index (χ0n) is 13.7. The van der Waals surface area contributed by atoms with Crippen molar-refractivity contribution < 1.29 is 0 Å². The molecule has 0 amide bonds. The molecule has 1 aliphatic rings. The monoisotopic (exact) mass is 349 g/mol. The number of aromatic nitrogens is 1. The van der Waals surface area contributed by atoms with Crippen molar-refractivity contribution in [2.24, 2.45) is 5.73 Å². The minimum atomic E-state index is 0.449. The number of nitrogens with zero attached hydrogens (tertiary/aromatic N) is 1. The lowest BCUT2D eigenvalue weighted by Gasteiger charge is -2.09. The van der Waals surface area contributed by atoms with Gasteiger partial charge in [-0.1, -0.05) is 35.9 Å². The number of nitrogens with one attached hydrogen (secondary N) is 1. The van der Waals surface area contributed by atoms with Crippen LogP contribution in [0.3, 0.4) is 0 Å². The van der Waals surface area contributed by atoms with Crippen LogP contribution < -0.4 is 11.1 Å². The van der Waals surface area contributed by atoms with Gasteiger partial charge in [-0.05, 0) is 44.1 Å². The van der Waals surface area contributed by atoms with Crippen LogP contribution in [0.5, 0.6) is 0 Å². The van der Waals surface area contributed by atoms with Crippen LogP contribution in [0.2, 0.25) is 5.15 Å². The molecule has 2 aromatic heterocycles. The first-order valence-corrected chi connectivity index (χ1v) is 9.17. The summed E-state index contributed by atoms with van der Waals surface area (Å²) in [6.07, 6.45) is 11.9. The second-order valence-corrected chi connectivity index (χ2v) is 6.85. The van der Waals surface area contributed by atoms with Crippen molar-refractivity contribution in [1.29, 1.82) is 0 Å². The molecule has 2 aromatic rings. The van der Waals surface area contributed by atoms with E-state index in [9.17, 15) is 0 Å². The fraction of sp³-hybridized carbons (Fsp3) is 0.389. The van der Waals surface area contributed by atoms with E-state index in [1.807, 2.05) is 19.1 Å². The number of hydrogen-bond donors (Lipinski definition) is 2. The van der Waals surface area contributed by atoms with Crippen molar-refractivity contribution in [1.82, 2.24) is 4.98 Å². The Morgan fingerprint density at radius 1 is 1.48 bits per heavy atom. The summed E-state index contributed by atoms with van der Waals surface area (Å²) in [6.45, 7) is 4.87. The highest BCUT2D eigenvalue weighted by Gasteiger charge is 2.08. The average Bonchev–Trinajstić information content (AvgIpc) is 2.90. The standard InChI is InChI=1S/C12H13ClN2S.C6H11N/c1-3-4-5-14-9-6-10(13)15-11-8(2)7-16-12(9)11;7-6-4-2-1-3-5-6/h3-4,6-7H,5H2,1-2H3,(H,14,15);1-2,6H,3-5,7H2/b4-3+;. The Kier molecular flexibility index (Phi) is 7.09. The van der Waals surface area contributed by atoms with Gasteiger partial charge in [-0.15, -0.1) is 11.3 Å². The van der Waals surface area contributed by atoms with Gasteiger partial charge in [-0.2, -0.15) is 0 Å². The normalized spacial score (nSPS) is 17.3. The predicted octanol–water partition coefficient (Wildman–Crippen LogP) is 5.30. The second-order valence-electron chi connectivity index (χ2n) is 5.58. The maximum absolute atomic E-state index is 6.00. The van der Waals surface area contributed by atoms with E-state index in [0.29, 0.717) is 11.2 Å². The van der Waals surface area contributed by atoms with Gasteiger partial charge in [0, 0.05) is 18.7 Å². The molecule has 0 aromatic carbocycles. The van der Waals surface area contributed by atoms with E-state index in [2.05, 4.69) is 40.8 Å². The maximum atomic E-state index is 6.00. The van der Waals surface area contributed by atoms with Crippen molar-refractivity contribution in [3.8, 4) is 0 Å². The molecule has 0 saturated carbocycles. The lowest BCUT2D eigenvalue weighted by molar-refractivity contribution is 0.606. The Bertz CT molecular complexity index is 691. The molecule has 23 heavy (non-hydrogen) atoms. The number of nitrogens with two attached hydrogens (primary N) is 1. The fourth-order valence-corrected chi connectivity index (χ4v) is 3.50. The lowest BCUT2D eigenvalue weighted by Crippen LogP contribution is -2.19. The minimum Gasteiger partial charge on any atom is -0.380 e. The summed E-state index contributed by atoms with van der Waals surface area (Å²) in [5, 5.41) is 5.99. The van der Waals surface area contributed by atoms with Crippen LogP contribution in [0.15, 0.2) is 35.8 Å². The van der Waals surface area contributed by atoms with Crippen LogP contribution in [-0.4, -0.2) is 17.6 Å².